The van der Waals surface area contributed by atoms with Gasteiger partial charge in [0.1, 0.15) is 6.04 Å². The van der Waals surface area contributed by atoms with E-state index in [2.05, 4.69) is 10.6 Å². The molecule has 1 aliphatic rings. The minimum absolute atomic E-state index is 0.165. The van der Waals surface area contributed by atoms with Crippen molar-refractivity contribution in [3.63, 3.8) is 0 Å². The smallest absolute Gasteiger partial charge is 0.246 e. The maximum absolute atomic E-state index is 13.0. The van der Waals surface area contributed by atoms with E-state index >= 15 is 0 Å². The first-order valence-corrected chi connectivity index (χ1v) is 5.15. The summed E-state index contributed by atoms with van der Waals surface area (Å²) in [5, 5.41) is 14.0. The lowest BCUT2D eigenvalue weighted by Gasteiger charge is -2.11. The Bertz CT molecular complexity index is 476. The minimum Gasteiger partial charge on any atom is -0.505 e. The Labute approximate surface area is 96.6 Å². The number of hydrogen-bond donors (Lipinski definition) is 3. The van der Waals surface area contributed by atoms with Crippen molar-refractivity contribution in [2.75, 3.05) is 5.32 Å². The Kier molecular flexibility index (Phi) is 2.95. The summed E-state index contributed by atoms with van der Waals surface area (Å²) in [4.78, 5) is 22.6. The van der Waals surface area contributed by atoms with Gasteiger partial charge in [0.25, 0.3) is 0 Å². The summed E-state index contributed by atoms with van der Waals surface area (Å²) >= 11 is 0. The van der Waals surface area contributed by atoms with Gasteiger partial charge in [-0.05, 0) is 18.6 Å². The molecule has 0 radical (unpaired) electrons. The van der Waals surface area contributed by atoms with Gasteiger partial charge in [-0.1, -0.05) is 0 Å². The summed E-state index contributed by atoms with van der Waals surface area (Å²) in [6.45, 7) is 0. The van der Waals surface area contributed by atoms with Crippen LogP contribution >= 0.6 is 0 Å². The second-order valence-electron chi connectivity index (χ2n) is 3.81. The van der Waals surface area contributed by atoms with E-state index in [4.69, 9.17) is 5.11 Å². The number of phenols is 1. The molecule has 3 N–H and O–H groups in total. The van der Waals surface area contributed by atoms with Gasteiger partial charge < -0.3 is 15.7 Å². The van der Waals surface area contributed by atoms with E-state index in [0.717, 1.165) is 12.1 Å². The molecule has 6 heteroatoms. The highest BCUT2D eigenvalue weighted by Crippen LogP contribution is 2.20. The monoisotopic (exact) mass is 238 g/mol. The second kappa shape index (κ2) is 4.40. The molecule has 5 nitrogen and oxygen atoms in total. The number of hydrogen-bond acceptors (Lipinski definition) is 3. The zero-order chi connectivity index (χ0) is 12.4. The fraction of sp³-hybridized carbons (Fsp3) is 0.273. The molecule has 0 aromatic heterocycles. The van der Waals surface area contributed by atoms with E-state index in [9.17, 15) is 14.0 Å². The number of halogens is 1. The van der Waals surface area contributed by atoms with Crippen LogP contribution in [0, 0.1) is 5.82 Å². The molecule has 1 aromatic carbocycles. The van der Waals surface area contributed by atoms with Gasteiger partial charge in [0.2, 0.25) is 11.8 Å². The minimum atomic E-state index is -0.807. The van der Waals surface area contributed by atoms with Crippen LogP contribution in [0.5, 0.6) is 5.75 Å². The molecule has 1 saturated heterocycles. The molecule has 1 heterocycles. The summed E-state index contributed by atoms with van der Waals surface area (Å²) in [6, 6.07) is 2.98. The predicted molar refractivity (Wildman–Crippen MR) is 57.9 cm³/mol. The first kappa shape index (κ1) is 11.4. The molecular weight excluding hydrogens is 227 g/mol. The third-order valence-corrected chi connectivity index (χ3v) is 2.53. The number of amides is 2. The molecule has 0 spiro atoms. The van der Waals surface area contributed by atoms with Crippen molar-refractivity contribution in [2.45, 2.75) is 18.9 Å². The van der Waals surface area contributed by atoms with Crippen LogP contribution < -0.4 is 10.6 Å². The first-order chi connectivity index (χ1) is 8.06. The molecule has 1 aliphatic heterocycles. The van der Waals surface area contributed by atoms with Crippen LogP contribution in [0.4, 0.5) is 10.1 Å². The Hall–Kier alpha value is -2.11. The van der Waals surface area contributed by atoms with Crippen molar-refractivity contribution in [3.05, 3.63) is 24.0 Å². The fourth-order valence-electron chi connectivity index (χ4n) is 1.62. The van der Waals surface area contributed by atoms with Crippen LogP contribution in [-0.2, 0) is 9.59 Å². The number of carbonyl (C=O) groups is 2. The summed E-state index contributed by atoms with van der Waals surface area (Å²) in [5.74, 6) is -1.83. The maximum atomic E-state index is 13.0. The van der Waals surface area contributed by atoms with E-state index in [-0.39, 0.29) is 17.5 Å². The maximum Gasteiger partial charge on any atom is 0.246 e. The van der Waals surface area contributed by atoms with Crippen LogP contribution in [0.1, 0.15) is 12.8 Å². The lowest BCUT2D eigenvalue weighted by molar-refractivity contribution is -0.122. The van der Waals surface area contributed by atoms with Crippen LogP contribution in [0.15, 0.2) is 18.2 Å². The van der Waals surface area contributed by atoms with Gasteiger partial charge in [0.15, 0.2) is 11.6 Å². The van der Waals surface area contributed by atoms with E-state index < -0.39 is 17.6 Å². The second-order valence-corrected chi connectivity index (χ2v) is 3.81. The van der Waals surface area contributed by atoms with Crippen molar-refractivity contribution in [1.29, 1.82) is 0 Å². The zero-order valence-corrected chi connectivity index (χ0v) is 8.87. The summed E-state index contributed by atoms with van der Waals surface area (Å²) in [5.41, 5.74) is 0.242. The van der Waals surface area contributed by atoms with Gasteiger partial charge in [0.05, 0.1) is 0 Å². The van der Waals surface area contributed by atoms with Crippen molar-refractivity contribution in [2.24, 2.45) is 0 Å². The van der Waals surface area contributed by atoms with Crippen molar-refractivity contribution in [3.8, 4) is 5.75 Å². The summed E-state index contributed by atoms with van der Waals surface area (Å²) in [6.07, 6.45) is 0.757. The number of anilines is 1. The third kappa shape index (κ3) is 2.52. The fourth-order valence-corrected chi connectivity index (χ4v) is 1.62. The average molecular weight is 238 g/mol. The number of phenolic OH excluding ortho intramolecular Hbond substituents is 1. The normalized spacial score (nSPS) is 18.9. The molecule has 2 rings (SSSR count). The standard InChI is InChI=1S/C11H11FN2O3/c12-7-5-6(1-3-9(7)15)13-11(17)8-2-4-10(16)14-8/h1,3,5,8,15H,2,4H2,(H,13,17)(H,14,16)/t8-/m1/s1. The Morgan fingerprint density at radius 3 is 2.88 bits per heavy atom. The van der Waals surface area contributed by atoms with Crippen LogP contribution in [0.2, 0.25) is 0 Å². The molecule has 0 unspecified atom stereocenters. The molecule has 90 valence electrons. The largest absolute Gasteiger partial charge is 0.505 e. The van der Waals surface area contributed by atoms with Crippen LogP contribution in [-0.4, -0.2) is 23.0 Å². The number of rotatable bonds is 2. The van der Waals surface area contributed by atoms with Gasteiger partial charge in [-0.2, -0.15) is 0 Å². The summed E-state index contributed by atoms with van der Waals surface area (Å²) in [7, 11) is 0. The quantitative estimate of drug-likeness (QED) is 0.665. The first-order valence-electron chi connectivity index (χ1n) is 5.15. The highest BCUT2D eigenvalue weighted by molar-refractivity contribution is 5.98. The lowest BCUT2D eigenvalue weighted by Crippen LogP contribution is -2.37. The zero-order valence-electron chi connectivity index (χ0n) is 8.87. The Morgan fingerprint density at radius 1 is 1.53 bits per heavy atom. The van der Waals surface area contributed by atoms with Crippen LogP contribution in [0.3, 0.4) is 0 Å². The van der Waals surface area contributed by atoms with Gasteiger partial charge in [-0.15, -0.1) is 0 Å². The number of benzene rings is 1. The van der Waals surface area contributed by atoms with Gasteiger partial charge >= 0.3 is 0 Å². The van der Waals surface area contributed by atoms with Gasteiger partial charge in [-0.3, -0.25) is 9.59 Å². The molecule has 1 aromatic rings. The lowest BCUT2D eigenvalue weighted by atomic mass is 10.2. The van der Waals surface area contributed by atoms with Crippen molar-refractivity contribution in [1.82, 2.24) is 5.32 Å². The molecule has 1 fully saturated rings. The van der Waals surface area contributed by atoms with Gasteiger partial charge in [0, 0.05) is 18.2 Å². The van der Waals surface area contributed by atoms with E-state index in [1.807, 2.05) is 0 Å². The SMILES string of the molecule is O=C1CC[C@H](C(=O)Nc2ccc(O)c(F)c2)N1. The average Bonchev–Trinajstić information content (AvgIpc) is 2.70. The topological polar surface area (TPSA) is 78.4 Å². The van der Waals surface area contributed by atoms with Crippen LogP contribution in [0.25, 0.3) is 0 Å². The van der Waals surface area contributed by atoms with Crippen molar-refractivity contribution >= 4 is 17.5 Å². The Morgan fingerprint density at radius 2 is 2.29 bits per heavy atom. The number of carbonyl (C=O) groups excluding carboxylic acids is 2. The van der Waals surface area contributed by atoms with Crippen molar-refractivity contribution < 1.29 is 19.1 Å². The molecule has 1 atom stereocenters. The molecule has 0 saturated carbocycles. The molecule has 0 bridgehead atoms. The van der Waals surface area contributed by atoms with E-state index in [0.29, 0.717) is 12.8 Å². The van der Waals surface area contributed by atoms with E-state index in [1.54, 1.807) is 0 Å². The predicted octanol–water partition coefficient (Wildman–Crippen LogP) is 0.748. The van der Waals surface area contributed by atoms with E-state index in [1.165, 1.54) is 6.07 Å². The Balaban J connectivity index is 2.03. The highest BCUT2D eigenvalue weighted by Gasteiger charge is 2.27. The molecule has 0 aliphatic carbocycles. The third-order valence-electron chi connectivity index (χ3n) is 2.53. The van der Waals surface area contributed by atoms with Gasteiger partial charge in [-0.25, -0.2) is 4.39 Å². The molecule has 2 amide bonds. The highest BCUT2D eigenvalue weighted by atomic mass is 19.1. The number of aromatic hydroxyl groups is 1. The molecule has 17 heavy (non-hydrogen) atoms. The number of nitrogens with one attached hydrogen (secondary N) is 2. The molecular formula is C11H11FN2O3. The summed E-state index contributed by atoms with van der Waals surface area (Å²) < 4.78 is 13.0.